The van der Waals surface area contributed by atoms with Crippen LogP contribution in [0, 0.1) is 0 Å². The lowest BCUT2D eigenvalue weighted by molar-refractivity contribution is -0.127. The van der Waals surface area contributed by atoms with Crippen LogP contribution in [-0.4, -0.2) is 74.0 Å². The molecule has 1 aliphatic rings. The van der Waals surface area contributed by atoms with Gasteiger partial charge in [0.2, 0.25) is 5.91 Å². The second kappa shape index (κ2) is 11.7. The average Bonchev–Trinajstić information content (AvgIpc) is 2.49. The summed E-state index contributed by atoms with van der Waals surface area (Å²) in [6, 6.07) is 0.999. The Morgan fingerprint density at radius 1 is 1.33 bits per heavy atom. The van der Waals surface area contributed by atoms with Crippen LogP contribution in [-0.2, 0) is 4.79 Å². The van der Waals surface area contributed by atoms with Crippen molar-refractivity contribution < 1.29 is 4.79 Å². The lowest BCUT2D eigenvalue weighted by atomic mass is 10.0. The Balaban J connectivity index is 0.00000529. The highest BCUT2D eigenvalue weighted by Crippen LogP contribution is 2.12. The molecule has 0 spiro atoms. The van der Waals surface area contributed by atoms with Gasteiger partial charge < -0.3 is 20.4 Å². The molecule has 7 heteroatoms. The Labute approximate surface area is 164 Å². The molecule has 0 aromatic heterocycles. The molecule has 1 fully saturated rings. The molecule has 0 unspecified atom stereocenters. The lowest BCUT2D eigenvalue weighted by Crippen LogP contribution is -2.50. The van der Waals surface area contributed by atoms with Gasteiger partial charge in [-0.05, 0) is 33.6 Å². The van der Waals surface area contributed by atoms with Crippen molar-refractivity contribution in [2.45, 2.75) is 45.7 Å². The van der Waals surface area contributed by atoms with E-state index in [1.807, 2.05) is 6.92 Å². The summed E-state index contributed by atoms with van der Waals surface area (Å²) in [6.07, 6.45) is 2.18. The van der Waals surface area contributed by atoms with Crippen LogP contribution in [0.4, 0.5) is 0 Å². The molecule has 2 N–H and O–H groups in total. The number of piperidine rings is 1. The number of nitrogens with zero attached hydrogens (tertiary/aromatic N) is 3. The van der Waals surface area contributed by atoms with Crippen LogP contribution in [0.25, 0.3) is 0 Å². The zero-order valence-electron chi connectivity index (χ0n) is 15.8. The van der Waals surface area contributed by atoms with Gasteiger partial charge in [0.15, 0.2) is 5.96 Å². The van der Waals surface area contributed by atoms with Gasteiger partial charge in [-0.15, -0.1) is 24.0 Å². The Morgan fingerprint density at radius 2 is 1.92 bits per heavy atom. The monoisotopic (exact) mass is 451 g/mol. The van der Waals surface area contributed by atoms with Crippen LogP contribution >= 0.6 is 24.0 Å². The number of likely N-dealkylation sites (tertiary alicyclic amines) is 1. The van der Waals surface area contributed by atoms with Gasteiger partial charge in [0.25, 0.3) is 0 Å². The molecule has 1 aliphatic heterocycles. The molecule has 0 radical (unpaired) electrons. The zero-order valence-corrected chi connectivity index (χ0v) is 18.1. The second-order valence-electron chi connectivity index (χ2n) is 6.81. The van der Waals surface area contributed by atoms with Gasteiger partial charge in [0, 0.05) is 45.8 Å². The van der Waals surface area contributed by atoms with Crippen LogP contribution in [0.15, 0.2) is 17.1 Å². The predicted molar refractivity (Wildman–Crippen MR) is 112 cm³/mol. The van der Waals surface area contributed by atoms with E-state index in [-0.39, 0.29) is 36.4 Å². The molecule has 1 amide bonds. The Bertz CT molecular complexity index is 429. The molecule has 0 atom stereocenters. The van der Waals surface area contributed by atoms with Crippen molar-refractivity contribution in [1.82, 2.24) is 20.4 Å². The van der Waals surface area contributed by atoms with Crippen molar-refractivity contribution in [2.75, 3.05) is 40.3 Å². The van der Waals surface area contributed by atoms with Crippen molar-refractivity contribution in [3.05, 3.63) is 12.2 Å². The molecule has 1 rings (SSSR count). The summed E-state index contributed by atoms with van der Waals surface area (Å²) in [5.74, 6) is 0.697. The number of halogens is 1. The highest BCUT2D eigenvalue weighted by molar-refractivity contribution is 14.0. The Morgan fingerprint density at radius 3 is 2.38 bits per heavy atom. The Kier molecular flexibility index (Phi) is 11.3. The zero-order chi connectivity index (χ0) is 17.4. The van der Waals surface area contributed by atoms with Gasteiger partial charge in [-0.1, -0.05) is 12.2 Å². The molecule has 0 aromatic rings. The largest absolute Gasteiger partial charge is 0.354 e. The minimum atomic E-state index is -0.00366. The standard InChI is InChI=1S/C17H33N5O.HI/c1-13(2)11-18-17(19-12-16(23)21(5)6)20-15-7-9-22(10-8-15)14(3)4;/h14-15H,1,7-12H2,2-6H3,(H2,18,19,20);1H. The maximum atomic E-state index is 11.7. The number of aliphatic imine (C=N–C) groups is 1. The van der Waals surface area contributed by atoms with Crippen molar-refractivity contribution in [2.24, 2.45) is 4.99 Å². The van der Waals surface area contributed by atoms with E-state index in [0.717, 1.165) is 31.5 Å². The van der Waals surface area contributed by atoms with E-state index in [2.05, 4.69) is 41.0 Å². The molecule has 0 aliphatic carbocycles. The number of rotatable bonds is 6. The van der Waals surface area contributed by atoms with Gasteiger partial charge in [-0.25, -0.2) is 4.99 Å². The van der Waals surface area contributed by atoms with E-state index < -0.39 is 0 Å². The van der Waals surface area contributed by atoms with E-state index in [4.69, 9.17) is 0 Å². The van der Waals surface area contributed by atoms with Crippen LogP contribution in [0.2, 0.25) is 0 Å². The fourth-order valence-corrected chi connectivity index (χ4v) is 2.43. The highest BCUT2D eigenvalue weighted by Gasteiger charge is 2.21. The third kappa shape index (κ3) is 8.86. The van der Waals surface area contributed by atoms with E-state index >= 15 is 0 Å². The van der Waals surface area contributed by atoms with E-state index in [0.29, 0.717) is 24.6 Å². The number of amides is 1. The van der Waals surface area contributed by atoms with Crippen LogP contribution in [0.1, 0.15) is 33.6 Å². The molecule has 140 valence electrons. The third-order valence-corrected chi connectivity index (χ3v) is 4.03. The maximum Gasteiger partial charge on any atom is 0.243 e. The number of carbonyl (C=O) groups excluding carboxylic acids is 1. The highest BCUT2D eigenvalue weighted by atomic mass is 127. The van der Waals surface area contributed by atoms with E-state index in [9.17, 15) is 4.79 Å². The SMILES string of the molecule is C=C(C)CNC(=NCC(=O)N(C)C)NC1CCN(C(C)C)CC1.I. The summed E-state index contributed by atoms with van der Waals surface area (Å²) in [4.78, 5) is 20.2. The molecule has 24 heavy (non-hydrogen) atoms. The summed E-state index contributed by atoms with van der Waals surface area (Å²) >= 11 is 0. The van der Waals surface area contributed by atoms with Gasteiger partial charge >= 0.3 is 0 Å². The molecule has 6 nitrogen and oxygen atoms in total. The normalized spacial score (nSPS) is 16.5. The first-order valence-corrected chi connectivity index (χ1v) is 8.43. The number of likely N-dealkylation sites (N-methyl/N-ethyl adjacent to an activating group) is 1. The summed E-state index contributed by atoms with van der Waals surface area (Å²) in [6.45, 7) is 13.4. The van der Waals surface area contributed by atoms with Gasteiger partial charge in [0.1, 0.15) is 6.54 Å². The topological polar surface area (TPSA) is 60.0 Å². The van der Waals surface area contributed by atoms with Crippen molar-refractivity contribution in [1.29, 1.82) is 0 Å². The quantitative estimate of drug-likeness (QED) is 0.279. The fraction of sp³-hybridized carbons (Fsp3) is 0.765. The molecular formula is C17H34IN5O. The summed E-state index contributed by atoms with van der Waals surface area (Å²) in [5.41, 5.74) is 1.04. The minimum Gasteiger partial charge on any atom is -0.354 e. The Hall–Kier alpha value is -0.830. The van der Waals surface area contributed by atoms with Gasteiger partial charge in [0.05, 0.1) is 0 Å². The third-order valence-electron chi connectivity index (χ3n) is 4.03. The van der Waals surface area contributed by atoms with Crippen molar-refractivity contribution in [3.8, 4) is 0 Å². The number of hydrogen-bond acceptors (Lipinski definition) is 3. The number of carbonyl (C=O) groups is 1. The summed E-state index contributed by atoms with van der Waals surface area (Å²) in [7, 11) is 3.49. The number of guanidine groups is 1. The van der Waals surface area contributed by atoms with Crippen molar-refractivity contribution >= 4 is 35.8 Å². The van der Waals surface area contributed by atoms with E-state index in [1.165, 1.54) is 0 Å². The van der Waals surface area contributed by atoms with Gasteiger partial charge in [-0.3, -0.25) is 4.79 Å². The first-order valence-electron chi connectivity index (χ1n) is 8.43. The molecule has 0 aromatic carbocycles. The van der Waals surface area contributed by atoms with Crippen LogP contribution < -0.4 is 10.6 Å². The maximum absolute atomic E-state index is 11.7. The second-order valence-corrected chi connectivity index (χ2v) is 6.81. The summed E-state index contributed by atoms with van der Waals surface area (Å²) in [5, 5.41) is 6.72. The number of nitrogens with one attached hydrogen (secondary N) is 2. The van der Waals surface area contributed by atoms with Gasteiger partial charge in [-0.2, -0.15) is 0 Å². The van der Waals surface area contributed by atoms with Crippen LogP contribution in [0.3, 0.4) is 0 Å². The average molecular weight is 451 g/mol. The first-order chi connectivity index (χ1) is 10.8. The van der Waals surface area contributed by atoms with Crippen molar-refractivity contribution in [3.63, 3.8) is 0 Å². The smallest absolute Gasteiger partial charge is 0.243 e. The summed E-state index contributed by atoms with van der Waals surface area (Å²) < 4.78 is 0. The molecule has 1 heterocycles. The van der Waals surface area contributed by atoms with E-state index in [1.54, 1.807) is 19.0 Å². The fourth-order valence-electron chi connectivity index (χ4n) is 2.43. The first kappa shape index (κ1) is 23.2. The molecule has 0 bridgehead atoms. The lowest BCUT2D eigenvalue weighted by Gasteiger charge is -2.35. The minimum absolute atomic E-state index is 0. The molecule has 1 saturated heterocycles. The predicted octanol–water partition coefficient (Wildman–Crippen LogP) is 1.68. The molecule has 0 saturated carbocycles. The number of hydrogen-bond donors (Lipinski definition) is 2. The molecular weight excluding hydrogens is 417 g/mol. The van der Waals surface area contributed by atoms with Crippen LogP contribution in [0.5, 0.6) is 0 Å².